The molecule has 56 heavy (non-hydrogen) atoms. The fourth-order valence-electron chi connectivity index (χ4n) is 9.03. The topological polar surface area (TPSA) is 83.7 Å². The molecule has 0 N–H and O–H groups in total. The number of fused-ring (bicyclic) bond motifs is 14. The highest BCUT2D eigenvalue weighted by Gasteiger charge is 2.25. The molecule has 0 aliphatic carbocycles. The van der Waals surface area contributed by atoms with E-state index in [9.17, 15) is 10.5 Å². The minimum atomic E-state index is 0.517. The fourth-order valence-corrected chi connectivity index (χ4v) is 9.03. The van der Waals surface area contributed by atoms with Crippen LogP contribution in [0.2, 0.25) is 0 Å². The van der Waals surface area contributed by atoms with E-state index in [1.165, 1.54) is 0 Å². The Morgan fingerprint density at radius 3 is 1.54 bits per heavy atom. The van der Waals surface area contributed by atoms with E-state index >= 15 is 0 Å². The number of furan rings is 2. The summed E-state index contributed by atoms with van der Waals surface area (Å²) >= 11 is 0. The van der Waals surface area contributed by atoms with Crippen molar-refractivity contribution in [2.24, 2.45) is 0 Å². The van der Waals surface area contributed by atoms with Gasteiger partial charge in [0.15, 0.2) is 11.2 Å². The molecule has 6 nitrogen and oxygen atoms in total. The molecule has 258 valence electrons. The third-order valence-corrected chi connectivity index (χ3v) is 11.4. The van der Waals surface area contributed by atoms with Crippen LogP contribution in [-0.4, -0.2) is 9.13 Å². The van der Waals surface area contributed by atoms with Crippen molar-refractivity contribution in [3.05, 3.63) is 169 Å². The van der Waals surface area contributed by atoms with Gasteiger partial charge in [0.1, 0.15) is 23.3 Å². The van der Waals surface area contributed by atoms with Crippen molar-refractivity contribution in [1.82, 2.24) is 9.13 Å². The average Bonchev–Trinajstić information content (AvgIpc) is 4.01. The molecule has 0 saturated carbocycles. The molecule has 12 rings (SSSR count). The first kappa shape index (κ1) is 30.4. The van der Waals surface area contributed by atoms with E-state index in [0.717, 1.165) is 110 Å². The summed E-state index contributed by atoms with van der Waals surface area (Å²) in [5.74, 6) is 0. The standard InChI is InChI=1S/C50H26N4O2/c51-27-30-21-20-29(26-43(30)53-41-16-5-1-11-33(41)37-22-24-39-35-13-3-7-18-44(35)55-49(39)47(37)53)32-15-9-10-31(28-52)46(32)54-42-17-6-2-12-34(42)38-23-25-40-36-14-4-8-19-45(36)56-50(40)48(38)54/h1-26H. The van der Waals surface area contributed by atoms with Gasteiger partial charge in [-0.2, -0.15) is 10.5 Å². The molecular formula is C50H26N4O2. The highest BCUT2D eigenvalue weighted by Crippen LogP contribution is 2.45. The largest absolute Gasteiger partial charge is 0.454 e. The van der Waals surface area contributed by atoms with E-state index in [2.05, 4.69) is 94.1 Å². The minimum Gasteiger partial charge on any atom is -0.454 e. The molecule has 12 aromatic rings. The zero-order chi connectivity index (χ0) is 37.1. The number of hydrogen-bond acceptors (Lipinski definition) is 4. The molecule has 0 saturated heterocycles. The van der Waals surface area contributed by atoms with Crippen LogP contribution in [0.3, 0.4) is 0 Å². The second-order valence-electron chi connectivity index (χ2n) is 14.2. The van der Waals surface area contributed by atoms with Crippen LogP contribution < -0.4 is 0 Å². The van der Waals surface area contributed by atoms with Gasteiger partial charge >= 0.3 is 0 Å². The van der Waals surface area contributed by atoms with Gasteiger partial charge < -0.3 is 18.0 Å². The highest BCUT2D eigenvalue weighted by molar-refractivity contribution is 6.23. The Kier molecular flexibility index (Phi) is 6.10. The van der Waals surface area contributed by atoms with Crippen LogP contribution in [0.25, 0.3) is 110 Å². The van der Waals surface area contributed by atoms with Crippen molar-refractivity contribution in [2.75, 3.05) is 0 Å². The zero-order valence-electron chi connectivity index (χ0n) is 29.6. The van der Waals surface area contributed by atoms with Gasteiger partial charge in [-0.25, -0.2) is 0 Å². The zero-order valence-corrected chi connectivity index (χ0v) is 29.6. The van der Waals surface area contributed by atoms with Gasteiger partial charge in [-0.1, -0.05) is 103 Å². The Bertz CT molecular complexity index is 3750. The van der Waals surface area contributed by atoms with E-state index in [0.29, 0.717) is 11.1 Å². The lowest BCUT2D eigenvalue weighted by Gasteiger charge is -2.17. The predicted molar refractivity (Wildman–Crippen MR) is 225 cm³/mol. The van der Waals surface area contributed by atoms with Gasteiger partial charge in [0, 0.05) is 48.7 Å². The van der Waals surface area contributed by atoms with Gasteiger partial charge in [-0.3, -0.25) is 0 Å². The van der Waals surface area contributed by atoms with Crippen molar-refractivity contribution in [3.8, 4) is 34.6 Å². The molecule has 0 aliphatic heterocycles. The van der Waals surface area contributed by atoms with Crippen LogP contribution in [0.4, 0.5) is 0 Å². The monoisotopic (exact) mass is 714 g/mol. The SMILES string of the molecule is N#Cc1ccc(-c2cccc(C#N)c2-n2c3ccccc3c3ccc4c5ccccc5oc4c32)cc1-n1c2ccccc2c2ccc3c4ccccc4oc3c21. The smallest absolute Gasteiger partial charge is 0.160 e. The van der Waals surface area contributed by atoms with Gasteiger partial charge in [0.2, 0.25) is 0 Å². The molecule has 0 aliphatic rings. The van der Waals surface area contributed by atoms with Crippen molar-refractivity contribution in [2.45, 2.75) is 0 Å². The lowest BCUT2D eigenvalue weighted by molar-refractivity contribution is 0.670. The van der Waals surface area contributed by atoms with Crippen molar-refractivity contribution in [3.63, 3.8) is 0 Å². The van der Waals surface area contributed by atoms with Crippen molar-refractivity contribution in [1.29, 1.82) is 10.5 Å². The lowest BCUT2D eigenvalue weighted by atomic mass is 9.97. The van der Waals surface area contributed by atoms with Crippen LogP contribution in [-0.2, 0) is 0 Å². The summed E-state index contributed by atoms with van der Waals surface area (Å²) < 4.78 is 17.7. The Balaban J connectivity index is 1.20. The van der Waals surface area contributed by atoms with Crippen molar-refractivity contribution < 1.29 is 8.83 Å². The Labute approximate surface area is 318 Å². The summed E-state index contributed by atoms with van der Waals surface area (Å²) in [6.07, 6.45) is 0. The van der Waals surface area contributed by atoms with Gasteiger partial charge in [0.25, 0.3) is 0 Å². The summed E-state index contributed by atoms with van der Waals surface area (Å²) in [6.45, 7) is 0. The molecule has 0 fully saturated rings. The second-order valence-corrected chi connectivity index (χ2v) is 14.2. The molecule has 0 atom stereocenters. The van der Waals surface area contributed by atoms with E-state index in [1.807, 2.05) is 84.9 Å². The van der Waals surface area contributed by atoms with Crippen LogP contribution in [0.5, 0.6) is 0 Å². The number of para-hydroxylation sites is 5. The van der Waals surface area contributed by atoms with Crippen LogP contribution in [0.1, 0.15) is 11.1 Å². The van der Waals surface area contributed by atoms with E-state index in [1.54, 1.807) is 0 Å². The number of aromatic nitrogens is 2. The lowest BCUT2D eigenvalue weighted by Crippen LogP contribution is -2.03. The number of nitrogens with zero attached hydrogens (tertiary/aromatic N) is 4. The van der Waals surface area contributed by atoms with Crippen LogP contribution in [0.15, 0.2) is 167 Å². The normalized spacial score (nSPS) is 11.9. The first-order chi connectivity index (χ1) is 27.7. The molecule has 4 heterocycles. The minimum absolute atomic E-state index is 0.517. The van der Waals surface area contributed by atoms with E-state index < -0.39 is 0 Å². The Morgan fingerprint density at radius 1 is 0.411 bits per heavy atom. The summed E-state index contributed by atoms with van der Waals surface area (Å²) in [5.41, 5.74) is 11.1. The number of nitriles is 2. The Morgan fingerprint density at radius 2 is 0.929 bits per heavy atom. The molecular weight excluding hydrogens is 689 g/mol. The van der Waals surface area contributed by atoms with Crippen LogP contribution >= 0.6 is 0 Å². The number of benzene rings is 8. The van der Waals surface area contributed by atoms with Crippen LogP contribution in [0, 0.1) is 22.7 Å². The maximum absolute atomic E-state index is 10.8. The molecule has 6 heteroatoms. The molecule has 0 unspecified atom stereocenters. The summed E-state index contributed by atoms with van der Waals surface area (Å²) in [6, 6.07) is 58.2. The molecule has 0 bridgehead atoms. The van der Waals surface area contributed by atoms with Gasteiger partial charge in [-0.05, 0) is 60.2 Å². The molecule has 0 amide bonds. The van der Waals surface area contributed by atoms with E-state index in [-0.39, 0.29) is 0 Å². The maximum Gasteiger partial charge on any atom is 0.160 e. The molecule has 0 spiro atoms. The second kappa shape index (κ2) is 11.2. The summed E-state index contributed by atoms with van der Waals surface area (Å²) in [7, 11) is 0. The van der Waals surface area contributed by atoms with Gasteiger partial charge in [0.05, 0.1) is 44.6 Å². The predicted octanol–water partition coefficient (Wildman–Crippen LogP) is 13.1. The fraction of sp³-hybridized carbons (Fsp3) is 0. The average molecular weight is 715 g/mol. The summed E-state index contributed by atoms with van der Waals surface area (Å²) in [4.78, 5) is 0. The quantitative estimate of drug-likeness (QED) is 0.182. The summed E-state index contributed by atoms with van der Waals surface area (Å²) in [5, 5.41) is 29.8. The highest BCUT2D eigenvalue weighted by atomic mass is 16.3. The first-order valence-corrected chi connectivity index (χ1v) is 18.5. The van der Waals surface area contributed by atoms with Gasteiger partial charge in [-0.15, -0.1) is 0 Å². The third-order valence-electron chi connectivity index (χ3n) is 11.4. The molecule has 0 radical (unpaired) electrons. The Hall–Kier alpha value is -8.06. The number of rotatable bonds is 3. The molecule has 8 aromatic carbocycles. The van der Waals surface area contributed by atoms with Crippen molar-refractivity contribution >= 4 is 87.5 Å². The first-order valence-electron chi connectivity index (χ1n) is 18.5. The molecule has 4 aromatic heterocycles. The maximum atomic E-state index is 10.8. The third kappa shape index (κ3) is 3.97. The number of hydrogen-bond donors (Lipinski definition) is 0. The van der Waals surface area contributed by atoms with E-state index in [4.69, 9.17) is 8.83 Å².